The van der Waals surface area contributed by atoms with Gasteiger partial charge in [-0.3, -0.25) is 0 Å². The van der Waals surface area contributed by atoms with Gasteiger partial charge in [-0.15, -0.1) is 11.3 Å². The first kappa shape index (κ1) is 10.7. The molecule has 1 nitrogen and oxygen atoms in total. The number of rotatable bonds is 5. The molecular formula is C11H19NS. The van der Waals surface area contributed by atoms with E-state index in [0.29, 0.717) is 0 Å². The summed E-state index contributed by atoms with van der Waals surface area (Å²) >= 11 is 1.86. The minimum atomic E-state index is 0.741. The average Bonchev–Trinajstić information content (AvgIpc) is 2.51. The summed E-state index contributed by atoms with van der Waals surface area (Å²) in [4.78, 5) is 1.50. The Labute approximate surface area is 85.2 Å². The highest BCUT2D eigenvalue weighted by Crippen LogP contribution is 2.16. The number of nitrogens with one attached hydrogen (secondary N) is 1. The molecule has 2 heteroatoms. The number of hydrogen-bond donors (Lipinski definition) is 1. The van der Waals surface area contributed by atoms with Crippen LogP contribution in [0.1, 0.15) is 31.2 Å². The van der Waals surface area contributed by atoms with Crippen LogP contribution in [0, 0.1) is 5.92 Å². The summed E-state index contributed by atoms with van der Waals surface area (Å²) in [6, 6.07) is 2.23. The summed E-state index contributed by atoms with van der Waals surface area (Å²) in [5.74, 6) is 0.741. The van der Waals surface area contributed by atoms with Crippen molar-refractivity contribution in [2.45, 2.75) is 33.7 Å². The molecule has 0 amide bonds. The molecule has 0 bridgehead atoms. The van der Waals surface area contributed by atoms with Crippen LogP contribution in [0.3, 0.4) is 0 Å². The van der Waals surface area contributed by atoms with Crippen molar-refractivity contribution in [2.75, 3.05) is 6.54 Å². The highest BCUT2D eigenvalue weighted by Gasteiger charge is 2.01. The number of aryl methyl sites for hydroxylation is 1. The molecule has 0 fully saturated rings. The summed E-state index contributed by atoms with van der Waals surface area (Å²) in [6.07, 6.45) is 1.15. The van der Waals surface area contributed by atoms with Crippen LogP contribution in [-0.2, 0) is 13.0 Å². The monoisotopic (exact) mass is 197 g/mol. The molecule has 1 rings (SSSR count). The van der Waals surface area contributed by atoms with E-state index in [2.05, 4.69) is 37.5 Å². The zero-order chi connectivity index (χ0) is 9.68. The van der Waals surface area contributed by atoms with Crippen molar-refractivity contribution in [1.29, 1.82) is 0 Å². The fourth-order valence-corrected chi connectivity index (χ4v) is 2.26. The van der Waals surface area contributed by atoms with Gasteiger partial charge in [0.25, 0.3) is 0 Å². The normalized spacial score (nSPS) is 11.1. The molecule has 0 unspecified atom stereocenters. The predicted octanol–water partition coefficient (Wildman–Crippen LogP) is 3.06. The molecule has 0 aliphatic carbocycles. The molecular weight excluding hydrogens is 178 g/mol. The van der Waals surface area contributed by atoms with Crippen LogP contribution in [0.2, 0.25) is 0 Å². The molecule has 13 heavy (non-hydrogen) atoms. The van der Waals surface area contributed by atoms with E-state index in [1.54, 1.807) is 0 Å². The van der Waals surface area contributed by atoms with E-state index in [-0.39, 0.29) is 0 Å². The lowest BCUT2D eigenvalue weighted by atomic mass is 10.2. The fourth-order valence-electron chi connectivity index (χ4n) is 1.31. The molecule has 1 aromatic heterocycles. The van der Waals surface area contributed by atoms with Gasteiger partial charge < -0.3 is 5.32 Å². The van der Waals surface area contributed by atoms with E-state index >= 15 is 0 Å². The van der Waals surface area contributed by atoms with Crippen LogP contribution in [0.15, 0.2) is 11.4 Å². The van der Waals surface area contributed by atoms with Crippen molar-refractivity contribution in [2.24, 2.45) is 5.92 Å². The highest BCUT2D eigenvalue weighted by molar-refractivity contribution is 7.10. The van der Waals surface area contributed by atoms with Gasteiger partial charge in [0.15, 0.2) is 0 Å². The molecule has 74 valence electrons. The molecule has 0 atom stereocenters. The van der Waals surface area contributed by atoms with Gasteiger partial charge >= 0.3 is 0 Å². The van der Waals surface area contributed by atoms with Crippen molar-refractivity contribution < 1.29 is 0 Å². The summed E-state index contributed by atoms with van der Waals surface area (Å²) in [5, 5.41) is 5.66. The van der Waals surface area contributed by atoms with E-state index in [9.17, 15) is 0 Å². The Balaban J connectivity index is 2.36. The molecule has 0 aliphatic rings. The summed E-state index contributed by atoms with van der Waals surface area (Å²) in [7, 11) is 0. The quantitative estimate of drug-likeness (QED) is 0.765. The largest absolute Gasteiger partial charge is 0.312 e. The lowest BCUT2D eigenvalue weighted by Crippen LogP contribution is -2.18. The first-order valence-corrected chi connectivity index (χ1v) is 5.88. The minimum Gasteiger partial charge on any atom is -0.312 e. The van der Waals surface area contributed by atoms with Crippen molar-refractivity contribution in [3.63, 3.8) is 0 Å². The predicted molar refractivity (Wildman–Crippen MR) is 60.2 cm³/mol. The van der Waals surface area contributed by atoms with Gasteiger partial charge in [-0.05, 0) is 35.9 Å². The summed E-state index contributed by atoms with van der Waals surface area (Å²) in [5.41, 5.74) is 1.50. The molecule has 0 saturated carbocycles. The van der Waals surface area contributed by atoms with Gasteiger partial charge in [-0.2, -0.15) is 0 Å². The molecule has 0 saturated heterocycles. The average molecular weight is 197 g/mol. The van der Waals surface area contributed by atoms with Gasteiger partial charge in [-0.25, -0.2) is 0 Å². The van der Waals surface area contributed by atoms with Crippen LogP contribution in [0.5, 0.6) is 0 Å². The van der Waals surface area contributed by atoms with E-state index < -0.39 is 0 Å². The summed E-state index contributed by atoms with van der Waals surface area (Å²) < 4.78 is 0. The van der Waals surface area contributed by atoms with Gasteiger partial charge in [0.05, 0.1) is 0 Å². The third kappa shape index (κ3) is 3.49. The van der Waals surface area contributed by atoms with E-state index in [0.717, 1.165) is 25.4 Å². The third-order valence-electron chi connectivity index (χ3n) is 2.06. The van der Waals surface area contributed by atoms with Crippen LogP contribution in [-0.4, -0.2) is 6.54 Å². The molecule has 0 radical (unpaired) electrons. The van der Waals surface area contributed by atoms with Crippen molar-refractivity contribution >= 4 is 11.3 Å². The Kier molecular flexibility index (Phi) is 4.46. The standard InChI is InChI=1S/C11H19NS/c1-4-10-5-6-13-11(10)8-12-7-9(2)3/h5-6,9,12H,4,7-8H2,1-3H3. The second-order valence-corrected chi connectivity index (χ2v) is 4.75. The number of thiophene rings is 1. The van der Waals surface area contributed by atoms with Crippen molar-refractivity contribution in [3.05, 3.63) is 21.9 Å². The van der Waals surface area contributed by atoms with Crippen molar-refractivity contribution in [1.82, 2.24) is 5.32 Å². The topological polar surface area (TPSA) is 12.0 Å². The smallest absolute Gasteiger partial charge is 0.0302 e. The Hall–Kier alpha value is -0.340. The van der Waals surface area contributed by atoms with E-state index in [1.807, 2.05) is 11.3 Å². The van der Waals surface area contributed by atoms with Crippen LogP contribution in [0.4, 0.5) is 0 Å². The lowest BCUT2D eigenvalue weighted by molar-refractivity contribution is 0.554. The Morgan fingerprint density at radius 3 is 2.85 bits per heavy atom. The highest BCUT2D eigenvalue weighted by atomic mass is 32.1. The molecule has 1 N–H and O–H groups in total. The maximum Gasteiger partial charge on any atom is 0.0302 e. The SMILES string of the molecule is CCc1ccsc1CNCC(C)C. The second kappa shape index (κ2) is 5.40. The first-order valence-electron chi connectivity index (χ1n) is 5.00. The summed E-state index contributed by atoms with van der Waals surface area (Å²) in [6.45, 7) is 8.85. The maximum atomic E-state index is 3.47. The van der Waals surface area contributed by atoms with Gasteiger partial charge in [-0.1, -0.05) is 20.8 Å². The van der Waals surface area contributed by atoms with E-state index in [4.69, 9.17) is 0 Å². The van der Waals surface area contributed by atoms with Gasteiger partial charge in [0.2, 0.25) is 0 Å². The van der Waals surface area contributed by atoms with E-state index in [1.165, 1.54) is 10.4 Å². The third-order valence-corrected chi connectivity index (χ3v) is 3.02. The number of hydrogen-bond acceptors (Lipinski definition) is 2. The van der Waals surface area contributed by atoms with Crippen molar-refractivity contribution in [3.8, 4) is 0 Å². The second-order valence-electron chi connectivity index (χ2n) is 3.75. The fraction of sp³-hybridized carbons (Fsp3) is 0.636. The first-order chi connectivity index (χ1) is 6.24. The molecule has 0 aromatic carbocycles. The minimum absolute atomic E-state index is 0.741. The Morgan fingerprint density at radius 1 is 1.46 bits per heavy atom. The van der Waals surface area contributed by atoms with Crippen LogP contribution < -0.4 is 5.32 Å². The van der Waals surface area contributed by atoms with Crippen LogP contribution in [0.25, 0.3) is 0 Å². The Morgan fingerprint density at radius 2 is 2.23 bits per heavy atom. The lowest BCUT2D eigenvalue weighted by Gasteiger charge is -2.06. The zero-order valence-electron chi connectivity index (χ0n) is 8.76. The zero-order valence-corrected chi connectivity index (χ0v) is 9.58. The molecule has 0 aliphatic heterocycles. The van der Waals surface area contributed by atoms with Gasteiger partial charge in [0, 0.05) is 11.4 Å². The van der Waals surface area contributed by atoms with Crippen LogP contribution >= 0.6 is 11.3 Å². The molecule has 1 aromatic rings. The Bertz CT molecular complexity index is 240. The maximum absolute atomic E-state index is 3.47. The van der Waals surface area contributed by atoms with Gasteiger partial charge in [0.1, 0.15) is 0 Å². The molecule has 1 heterocycles. The molecule has 0 spiro atoms.